The maximum absolute atomic E-state index is 12.6. The Hall–Kier alpha value is -1.07. The van der Waals surface area contributed by atoms with Crippen LogP contribution in [0.5, 0.6) is 0 Å². The van der Waals surface area contributed by atoms with Crippen LogP contribution in [0.3, 0.4) is 0 Å². The molecule has 0 spiro atoms. The van der Waals surface area contributed by atoms with E-state index in [0.29, 0.717) is 0 Å². The quantitative estimate of drug-likeness (QED) is 0.322. The van der Waals surface area contributed by atoms with E-state index in [4.69, 9.17) is 5.84 Å². The van der Waals surface area contributed by atoms with Crippen molar-refractivity contribution in [2.75, 3.05) is 0 Å². The van der Waals surface area contributed by atoms with Crippen molar-refractivity contribution in [1.82, 2.24) is 5.43 Å². The molecule has 5 heteroatoms. The van der Waals surface area contributed by atoms with Crippen molar-refractivity contribution in [2.45, 2.75) is 12.5 Å². The first kappa shape index (κ1) is 8.03. The molecule has 0 aromatic heterocycles. The summed E-state index contributed by atoms with van der Waals surface area (Å²) in [5, 5.41) is 0. The van der Waals surface area contributed by atoms with Gasteiger partial charge >= 0.3 is 0 Å². The fraction of sp³-hybridized carbons (Fsp3) is 0.333. The van der Waals surface area contributed by atoms with Gasteiger partial charge in [0.2, 0.25) is 5.95 Å². The summed E-state index contributed by atoms with van der Waals surface area (Å²) in [6, 6.07) is 0. The second kappa shape index (κ2) is 2.89. The van der Waals surface area contributed by atoms with Crippen LogP contribution in [0.4, 0.5) is 4.39 Å². The van der Waals surface area contributed by atoms with Gasteiger partial charge in [-0.15, -0.1) is 0 Å². The normalized spacial score (nSPS) is 29.9. The molecule has 1 rings (SSSR count). The minimum Gasteiger partial charge on any atom is -0.270 e. The lowest BCUT2D eigenvalue weighted by Gasteiger charge is -2.17. The Bertz CT molecular complexity index is 233. The molecule has 0 amide bonds. The van der Waals surface area contributed by atoms with Crippen molar-refractivity contribution in [3.8, 4) is 0 Å². The molecule has 0 aromatic rings. The summed E-state index contributed by atoms with van der Waals surface area (Å²) >= 11 is 0. The maximum atomic E-state index is 12.6. The minimum absolute atomic E-state index is 0.594. The predicted molar refractivity (Wildman–Crippen MR) is 41.9 cm³/mol. The third-order valence-corrected chi connectivity index (χ3v) is 1.32. The summed E-state index contributed by atoms with van der Waals surface area (Å²) in [7, 11) is 0. The smallest absolute Gasteiger partial charge is 0.212 e. The molecule has 60 valence electrons. The van der Waals surface area contributed by atoms with E-state index in [0.717, 1.165) is 6.34 Å². The Morgan fingerprint density at radius 2 is 2.45 bits per heavy atom. The predicted octanol–water partition coefficient (Wildman–Crippen LogP) is 0.132. The lowest BCUT2D eigenvalue weighted by atomic mass is 10.1. The van der Waals surface area contributed by atoms with Crippen molar-refractivity contribution in [1.29, 1.82) is 0 Å². The van der Waals surface area contributed by atoms with Gasteiger partial charge in [0.25, 0.3) is 0 Å². The molecule has 3 N–H and O–H groups in total. The van der Waals surface area contributed by atoms with E-state index in [2.05, 4.69) is 15.4 Å². The summed E-state index contributed by atoms with van der Waals surface area (Å²) in [5.74, 6) is 4.57. The van der Waals surface area contributed by atoms with Crippen molar-refractivity contribution in [2.24, 2.45) is 15.8 Å². The van der Waals surface area contributed by atoms with Crippen LogP contribution >= 0.6 is 0 Å². The van der Waals surface area contributed by atoms with Gasteiger partial charge in [0.1, 0.15) is 6.34 Å². The fourth-order valence-corrected chi connectivity index (χ4v) is 0.678. The molecule has 1 heterocycles. The van der Waals surface area contributed by atoms with Crippen molar-refractivity contribution < 1.29 is 4.39 Å². The number of aliphatic imine (C=N–C) groups is 2. The summed E-state index contributed by atoms with van der Waals surface area (Å²) in [6.45, 7) is 1.69. The molecule has 11 heavy (non-hydrogen) atoms. The largest absolute Gasteiger partial charge is 0.270 e. The van der Waals surface area contributed by atoms with Crippen molar-refractivity contribution >= 4 is 12.6 Å². The zero-order valence-corrected chi connectivity index (χ0v) is 6.08. The highest BCUT2D eigenvalue weighted by Gasteiger charge is 2.18. The Labute approximate surface area is 63.7 Å². The number of nitrogens with zero attached hydrogens (tertiary/aromatic N) is 2. The second-order valence-electron chi connectivity index (χ2n) is 2.42. The van der Waals surface area contributed by atoms with Gasteiger partial charge in [0.05, 0.1) is 5.54 Å². The SMILES string of the molecule is CC1(NN)C=NC=NC(F)=C1. The third-order valence-electron chi connectivity index (χ3n) is 1.32. The van der Waals surface area contributed by atoms with Crippen LogP contribution in [-0.4, -0.2) is 18.1 Å². The summed E-state index contributed by atoms with van der Waals surface area (Å²) in [5.41, 5.74) is 1.66. The molecule has 0 saturated carbocycles. The van der Waals surface area contributed by atoms with Crippen LogP contribution in [-0.2, 0) is 0 Å². The lowest BCUT2D eigenvalue weighted by molar-refractivity contribution is 0.553. The third kappa shape index (κ3) is 1.92. The van der Waals surface area contributed by atoms with Gasteiger partial charge in [-0.25, -0.2) is 15.4 Å². The number of hydrazine groups is 1. The molecule has 0 bridgehead atoms. The Kier molecular flexibility index (Phi) is 2.11. The van der Waals surface area contributed by atoms with E-state index < -0.39 is 11.5 Å². The average Bonchev–Trinajstić information content (AvgIpc) is 2.13. The molecular formula is C6H9FN4. The molecule has 1 atom stereocenters. The summed E-state index contributed by atoms with van der Waals surface area (Å²) in [4.78, 5) is 7.04. The van der Waals surface area contributed by atoms with Crippen molar-refractivity contribution in [3.05, 3.63) is 12.0 Å². The van der Waals surface area contributed by atoms with E-state index >= 15 is 0 Å². The Balaban J connectivity index is 2.92. The van der Waals surface area contributed by atoms with Crippen LogP contribution in [0.25, 0.3) is 0 Å². The van der Waals surface area contributed by atoms with Gasteiger partial charge in [-0.05, 0) is 13.0 Å². The van der Waals surface area contributed by atoms with Crippen LogP contribution in [0.2, 0.25) is 0 Å². The topological polar surface area (TPSA) is 62.8 Å². The summed E-state index contributed by atoms with van der Waals surface area (Å²) < 4.78 is 12.6. The zero-order chi connectivity index (χ0) is 8.32. The standard InChI is InChI=1S/C6H9FN4/c1-6(11-8)2-5(7)10-4-9-3-6/h2-4,11H,8H2,1H3. The van der Waals surface area contributed by atoms with E-state index in [1.54, 1.807) is 6.92 Å². The van der Waals surface area contributed by atoms with Crippen LogP contribution < -0.4 is 11.3 Å². The van der Waals surface area contributed by atoms with E-state index in [1.807, 2.05) is 0 Å². The highest BCUT2D eigenvalue weighted by atomic mass is 19.1. The molecule has 4 nitrogen and oxygen atoms in total. The first-order valence-corrected chi connectivity index (χ1v) is 3.09. The molecule has 1 unspecified atom stereocenters. The van der Waals surface area contributed by atoms with Crippen LogP contribution in [0.1, 0.15) is 6.92 Å². The number of rotatable bonds is 1. The molecular weight excluding hydrogens is 147 g/mol. The Morgan fingerprint density at radius 3 is 3.09 bits per heavy atom. The molecule has 0 saturated heterocycles. The van der Waals surface area contributed by atoms with Gasteiger partial charge in [-0.1, -0.05) is 0 Å². The minimum atomic E-state index is -0.749. The van der Waals surface area contributed by atoms with Gasteiger partial charge in [0, 0.05) is 6.21 Å². The lowest BCUT2D eigenvalue weighted by Crippen LogP contribution is -2.46. The molecule has 0 aromatic carbocycles. The van der Waals surface area contributed by atoms with Gasteiger partial charge < -0.3 is 0 Å². The van der Waals surface area contributed by atoms with Gasteiger partial charge in [0.15, 0.2) is 0 Å². The molecule has 0 radical (unpaired) electrons. The Morgan fingerprint density at radius 1 is 1.73 bits per heavy atom. The average molecular weight is 156 g/mol. The second-order valence-corrected chi connectivity index (χ2v) is 2.42. The first-order valence-electron chi connectivity index (χ1n) is 3.09. The highest BCUT2D eigenvalue weighted by Crippen LogP contribution is 2.09. The van der Waals surface area contributed by atoms with E-state index in [9.17, 15) is 4.39 Å². The number of halogens is 1. The summed E-state index contributed by atoms with van der Waals surface area (Å²) in [6.07, 6.45) is 3.86. The maximum Gasteiger partial charge on any atom is 0.212 e. The van der Waals surface area contributed by atoms with Crippen LogP contribution in [0, 0.1) is 0 Å². The molecule has 1 aliphatic heterocycles. The number of hydrogen-bond acceptors (Lipinski definition) is 4. The zero-order valence-electron chi connectivity index (χ0n) is 6.08. The first-order chi connectivity index (χ1) is 5.16. The van der Waals surface area contributed by atoms with E-state index in [-0.39, 0.29) is 0 Å². The number of hydrogen-bond donors (Lipinski definition) is 2. The fourth-order valence-electron chi connectivity index (χ4n) is 0.678. The van der Waals surface area contributed by atoms with Crippen molar-refractivity contribution in [3.63, 3.8) is 0 Å². The molecule has 0 aliphatic carbocycles. The highest BCUT2D eigenvalue weighted by molar-refractivity contribution is 5.82. The molecule has 1 aliphatic rings. The number of nitrogens with two attached hydrogens (primary N) is 1. The van der Waals surface area contributed by atoms with Gasteiger partial charge in [-0.2, -0.15) is 4.39 Å². The molecule has 0 fully saturated rings. The van der Waals surface area contributed by atoms with Gasteiger partial charge in [-0.3, -0.25) is 5.84 Å². The monoisotopic (exact) mass is 156 g/mol. The van der Waals surface area contributed by atoms with Crippen LogP contribution in [0.15, 0.2) is 22.0 Å². The van der Waals surface area contributed by atoms with E-state index in [1.165, 1.54) is 12.3 Å². The number of nitrogens with one attached hydrogen (secondary N) is 1.